The van der Waals surface area contributed by atoms with Crippen LogP contribution < -0.4 is 5.32 Å². The fraction of sp³-hybridized carbons (Fsp3) is 0.381. The van der Waals surface area contributed by atoms with Gasteiger partial charge in [0.1, 0.15) is 6.54 Å². The molecule has 0 aliphatic heterocycles. The number of nitrogens with one attached hydrogen (secondary N) is 1. The van der Waals surface area contributed by atoms with Crippen molar-refractivity contribution in [1.29, 1.82) is 0 Å². The maximum atomic E-state index is 13.2. The number of nitrogens with zero attached hydrogens (tertiary/aromatic N) is 3. The van der Waals surface area contributed by atoms with Gasteiger partial charge in [-0.15, -0.1) is 0 Å². The Labute approximate surface area is 162 Å². The van der Waals surface area contributed by atoms with E-state index in [1.807, 2.05) is 24.3 Å². The number of hydrogen-bond donors (Lipinski definition) is 1. The molecule has 0 atom stereocenters. The molecule has 2 heterocycles. The van der Waals surface area contributed by atoms with Gasteiger partial charge in [-0.3, -0.25) is 14.5 Å². The van der Waals surface area contributed by atoms with Gasteiger partial charge in [0.2, 0.25) is 5.91 Å². The van der Waals surface area contributed by atoms with Crippen LogP contribution in [-0.4, -0.2) is 26.6 Å². The van der Waals surface area contributed by atoms with E-state index in [4.69, 9.17) is 0 Å². The Hall–Kier alpha value is -2.83. The lowest BCUT2D eigenvalue weighted by atomic mass is 10.0. The smallest absolute Gasteiger partial charge is 0.264 e. The van der Waals surface area contributed by atoms with Crippen molar-refractivity contribution in [2.45, 2.75) is 52.1 Å². The number of benzene rings is 1. The largest absolute Gasteiger partial charge is 0.350 e. The Morgan fingerprint density at radius 2 is 1.93 bits per heavy atom. The minimum atomic E-state index is -2.85. The molecule has 0 radical (unpaired) electrons. The molecule has 1 N–H and O–H groups in total. The summed E-state index contributed by atoms with van der Waals surface area (Å²) in [6.45, 7) is 4.89. The fourth-order valence-electron chi connectivity index (χ4n) is 2.97. The molecule has 5 nitrogen and oxygen atoms in total. The summed E-state index contributed by atoms with van der Waals surface area (Å²) in [7, 11) is 0. The zero-order valence-electron chi connectivity index (χ0n) is 16.2. The third-order valence-electron chi connectivity index (χ3n) is 4.49. The number of aromatic nitrogens is 3. The van der Waals surface area contributed by atoms with Crippen LogP contribution in [0.3, 0.4) is 0 Å². The number of carbonyl (C=O) groups is 1. The van der Waals surface area contributed by atoms with E-state index in [0.29, 0.717) is 28.9 Å². The molecule has 0 unspecified atom stereocenters. The number of pyridine rings is 1. The highest BCUT2D eigenvalue weighted by molar-refractivity contribution is 5.79. The lowest BCUT2D eigenvalue weighted by Gasteiger charge is -2.11. The first kappa shape index (κ1) is 19.9. The summed E-state index contributed by atoms with van der Waals surface area (Å²) in [5.74, 6) is -2.49. The molecule has 0 saturated carbocycles. The van der Waals surface area contributed by atoms with E-state index in [0.717, 1.165) is 12.5 Å². The van der Waals surface area contributed by atoms with E-state index in [1.54, 1.807) is 6.07 Å². The lowest BCUT2D eigenvalue weighted by molar-refractivity contribution is -0.120. The molecule has 28 heavy (non-hydrogen) atoms. The van der Waals surface area contributed by atoms with Gasteiger partial charge in [0.25, 0.3) is 5.92 Å². The predicted molar refractivity (Wildman–Crippen MR) is 104 cm³/mol. The van der Waals surface area contributed by atoms with Gasteiger partial charge in [-0.25, -0.2) is 8.78 Å². The van der Waals surface area contributed by atoms with Crippen molar-refractivity contribution in [2.75, 3.05) is 0 Å². The van der Waals surface area contributed by atoms with E-state index in [2.05, 4.69) is 29.2 Å². The van der Waals surface area contributed by atoms with Crippen molar-refractivity contribution in [1.82, 2.24) is 20.1 Å². The molecule has 0 bridgehead atoms. The average Bonchev–Trinajstić information content (AvgIpc) is 3.01. The van der Waals surface area contributed by atoms with Crippen LogP contribution in [0.4, 0.5) is 8.78 Å². The Kier molecular flexibility index (Phi) is 5.72. The van der Waals surface area contributed by atoms with Crippen molar-refractivity contribution in [3.05, 3.63) is 59.5 Å². The first-order valence-electron chi connectivity index (χ1n) is 9.25. The van der Waals surface area contributed by atoms with Gasteiger partial charge in [-0.1, -0.05) is 38.1 Å². The third-order valence-corrected chi connectivity index (χ3v) is 4.49. The van der Waals surface area contributed by atoms with E-state index >= 15 is 0 Å². The molecule has 148 valence electrons. The number of amides is 1. The Morgan fingerprint density at radius 1 is 1.21 bits per heavy atom. The van der Waals surface area contributed by atoms with Crippen molar-refractivity contribution in [3.8, 4) is 0 Å². The van der Waals surface area contributed by atoms with Crippen LogP contribution in [0.25, 0.3) is 10.9 Å². The summed E-state index contributed by atoms with van der Waals surface area (Å²) < 4.78 is 27.7. The highest BCUT2D eigenvalue weighted by atomic mass is 19.3. The van der Waals surface area contributed by atoms with Crippen LogP contribution in [0.15, 0.2) is 42.7 Å². The molecule has 1 aromatic carbocycles. The van der Waals surface area contributed by atoms with Gasteiger partial charge in [-0.05, 0) is 23.1 Å². The van der Waals surface area contributed by atoms with Crippen molar-refractivity contribution in [2.24, 2.45) is 0 Å². The van der Waals surface area contributed by atoms with E-state index in [-0.39, 0.29) is 12.5 Å². The van der Waals surface area contributed by atoms with Crippen molar-refractivity contribution >= 4 is 16.8 Å². The van der Waals surface area contributed by atoms with Gasteiger partial charge in [0.05, 0.1) is 36.6 Å². The predicted octanol–water partition coefficient (Wildman–Crippen LogP) is 4.07. The molecular weight excluding hydrogens is 362 g/mol. The average molecular weight is 386 g/mol. The van der Waals surface area contributed by atoms with Crippen LogP contribution in [0.1, 0.15) is 43.5 Å². The number of hydrogen-bond acceptors (Lipinski definition) is 3. The third kappa shape index (κ3) is 5.12. The van der Waals surface area contributed by atoms with Gasteiger partial charge >= 0.3 is 0 Å². The second-order valence-corrected chi connectivity index (χ2v) is 7.46. The zero-order valence-corrected chi connectivity index (χ0v) is 16.2. The summed E-state index contributed by atoms with van der Waals surface area (Å²) in [6, 6.07) is 9.78. The highest BCUT2D eigenvalue weighted by Gasteiger charge is 2.23. The Morgan fingerprint density at radius 3 is 2.57 bits per heavy atom. The minimum Gasteiger partial charge on any atom is -0.350 e. The topological polar surface area (TPSA) is 59.8 Å². The maximum Gasteiger partial charge on any atom is 0.264 e. The monoisotopic (exact) mass is 386 g/mol. The summed E-state index contributed by atoms with van der Waals surface area (Å²) in [6.07, 6.45) is 3.34. The van der Waals surface area contributed by atoms with E-state index < -0.39 is 12.5 Å². The van der Waals surface area contributed by atoms with Crippen LogP contribution in [-0.2, 0) is 24.3 Å². The molecule has 2 aromatic heterocycles. The molecule has 7 heteroatoms. The molecule has 0 aliphatic rings. The van der Waals surface area contributed by atoms with Crippen LogP contribution in [0.2, 0.25) is 0 Å². The highest BCUT2D eigenvalue weighted by Crippen LogP contribution is 2.20. The Bertz CT molecular complexity index is 959. The van der Waals surface area contributed by atoms with Crippen LogP contribution in [0.5, 0.6) is 0 Å². The quantitative estimate of drug-likeness (QED) is 0.666. The fourth-order valence-corrected chi connectivity index (χ4v) is 2.97. The summed E-state index contributed by atoms with van der Waals surface area (Å²) in [4.78, 5) is 16.4. The van der Waals surface area contributed by atoms with E-state index in [1.165, 1.54) is 22.6 Å². The second kappa shape index (κ2) is 8.04. The number of fused-ring (bicyclic) bond motifs is 1. The maximum absolute atomic E-state index is 13.2. The molecule has 0 aliphatic carbocycles. The minimum absolute atomic E-state index is 0.0967. The van der Waals surface area contributed by atoms with Crippen molar-refractivity contribution in [3.63, 3.8) is 0 Å². The first-order valence-corrected chi connectivity index (χ1v) is 9.25. The molecule has 0 spiro atoms. The first-order chi connectivity index (χ1) is 13.2. The molecule has 3 aromatic rings. The summed E-state index contributed by atoms with van der Waals surface area (Å²) in [5, 5.41) is 7.56. The number of rotatable bonds is 7. The standard InChI is InChI=1S/C21H24F2N4O/c1-14(2)16-6-4-15(5-7-16)8-20(28)25-11-18-9-17-10-26-27(13-21(3,22)23)19(17)12-24-18/h4-7,9-10,12,14H,8,11,13H2,1-3H3,(H,25,28). The van der Waals surface area contributed by atoms with Crippen LogP contribution in [0, 0.1) is 0 Å². The summed E-state index contributed by atoms with van der Waals surface area (Å²) >= 11 is 0. The zero-order chi connectivity index (χ0) is 20.3. The van der Waals surface area contributed by atoms with Gasteiger partial charge in [0, 0.05) is 12.3 Å². The van der Waals surface area contributed by atoms with Gasteiger partial charge in [0.15, 0.2) is 0 Å². The SMILES string of the molecule is CC(C)c1ccc(CC(=O)NCc2cc3cnn(CC(C)(F)F)c3cn2)cc1. The lowest BCUT2D eigenvalue weighted by Crippen LogP contribution is -2.25. The number of alkyl halides is 2. The van der Waals surface area contributed by atoms with Gasteiger partial charge < -0.3 is 5.32 Å². The Balaban J connectivity index is 1.59. The molecule has 0 fully saturated rings. The molecular formula is C21H24F2N4O. The summed E-state index contributed by atoms with van der Waals surface area (Å²) in [5.41, 5.74) is 3.38. The number of halogens is 2. The molecule has 3 rings (SSSR count). The van der Waals surface area contributed by atoms with Crippen LogP contribution >= 0.6 is 0 Å². The normalized spacial score (nSPS) is 11.9. The van der Waals surface area contributed by atoms with Gasteiger partial charge in [-0.2, -0.15) is 5.10 Å². The number of carbonyl (C=O) groups excluding carboxylic acids is 1. The molecule has 1 amide bonds. The van der Waals surface area contributed by atoms with E-state index in [9.17, 15) is 13.6 Å². The molecule has 0 saturated heterocycles. The second-order valence-electron chi connectivity index (χ2n) is 7.46. The van der Waals surface area contributed by atoms with Crippen molar-refractivity contribution < 1.29 is 13.6 Å².